The summed E-state index contributed by atoms with van der Waals surface area (Å²) in [6, 6.07) is 6.08. The highest BCUT2D eigenvalue weighted by Crippen LogP contribution is 2.34. The molecule has 4 nitrogen and oxygen atoms in total. The Bertz CT molecular complexity index is 641. The maximum atomic E-state index is 14.0. The molecule has 2 N–H and O–H groups in total. The number of nitrogens with zero attached hydrogens (tertiary/aromatic N) is 1. The summed E-state index contributed by atoms with van der Waals surface area (Å²) in [6.07, 6.45) is 1.35. The maximum absolute atomic E-state index is 14.0. The Balaban J connectivity index is 2.78. The number of carbonyl (C=O) groups is 1. The summed E-state index contributed by atoms with van der Waals surface area (Å²) in [5.41, 5.74) is 6.72. The van der Waals surface area contributed by atoms with Crippen LogP contribution >= 0.6 is 0 Å². The largest absolute Gasteiger partial charge is 0.496 e. The number of pyridine rings is 1. The first-order valence-electron chi connectivity index (χ1n) is 5.64. The molecule has 0 atom stereocenters. The third-order valence-electron chi connectivity index (χ3n) is 2.77. The molecule has 1 heterocycles. The molecule has 1 amide bonds. The van der Waals surface area contributed by atoms with E-state index in [0.29, 0.717) is 17.0 Å². The molecule has 2 rings (SSSR count). The fourth-order valence-electron chi connectivity index (χ4n) is 1.90. The van der Waals surface area contributed by atoms with Gasteiger partial charge >= 0.3 is 0 Å². The van der Waals surface area contributed by atoms with Crippen molar-refractivity contribution in [3.63, 3.8) is 0 Å². The Morgan fingerprint density at radius 2 is 2.16 bits per heavy atom. The van der Waals surface area contributed by atoms with Crippen LogP contribution in [0.4, 0.5) is 4.39 Å². The fourth-order valence-corrected chi connectivity index (χ4v) is 1.90. The number of nitrogens with two attached hydrogens (primary N) is 1. The monoisotopic (exact) mass is 260 g/mol. The second-order valence-electron chi connectivity index (χ2n) is 4.05. The van der Waals surface area contributed by atoms with Gasteiger partial charge in [0.1, 0.15) is 11.6 Å². The number of aromatic nitrogens is 1. The lowest BCUT2D eigenvalue weighted by Crippen LogP contribution is -2.13. The van der Waals surface area contributed by atoms with Crippen molar-refractivity contribution in [1.29, 1.82) is 0 Å². The minimum atomic E-state index is -0.659. The third-order valence-corrected chi connectivity index (χ3v) is 2.77. The number of ether oxygens (including phenoxy) is 1. The molecule has 1 aromatic carbocycles. The second-order valence-corrected chi connectivity index (χ2v) is 4.05. The van der Waals surface area contributed by atoms with Gasteiger partial charge in [0.15, 0.2) is 0 Å². The van der Waals surface area contributed by atoms with Crippen LogP contribution in [0.3, 0.4) is 0 Å². The van der Waals surface area contributed by atoms with Crippen molar-refractivity contribution >= 4 is 5.91 Å². The van der Waals surface area contributed by atoms with Crippen LogP contribution in [-0.4, -0.2) is 18.0 Å². The van der Waals surface area contributed by atoms with Gasteiger partial charge in [0.2, 0.25) is 0 Å². The number of hydrogen-bond acceptors (Lipinski definition) is 3. The van der Waals surface area contributed by atoms with E-state index in [0.717, 1.165) is 0 Å². The first-order chi connectivity index (χ1) is 9.04. The number of rotatable bonds is 3. The summed E-state index contributed by atoms with van der Waals surface area (Å²) >= 11 is 0. The van der Waals surface area contributed by atoms with Crippen LogP contribution in [0.15, 0.2) is 30.5 Å². The van der Waals surface area contributed by atoms with Crippen molar-refractivity contribution in [3.05, 3.63) is 47.5 Å². The maximum Gasteiger partial charge on any atom is 0.250 e. The lowest BCUT2D eigenvalue weighted by Gasteiger charge is -2.12. The summed E-state index contributed by atoms with van der Waals surface area (Å²) in [4.78, 5) is 15.4. The predicted octanol–water partition coefficient (Wildman–Crippen LogP) is 2.30. The van der Waals surface area contributed by atoms with Gasteiger partial charge in [-0.25, -0.2) is 4.39 Å². The highest BCUT2D eigenvalue weighted by molar-refractivity contribution is 6.00. The van der Waals surface area contributed by atoms with Crippen molar-refractivity contribution in [2.75, 3.05) is 7.11 Å². The molecule has 0 aliphatic rings. The topological polar surface area (TPSA) is 65.2 Å². The summed E-state index contributed by atoms with van der Waals surface area (Å²) in [5, 5.41) is 0. The number of halogens is 1. The molecule has 5 heteroatoms. The van der Waals surface area contributed by atoms with Crippen molar-refractivity contribution in [2.45, 2.75) is 6.92 Å². The zero-order valence-corrected chi connectivity index (χ0v) is 10.6. The van der Waals surface area contributed by atoms with Gasteiger partial charge in [0.05, 0.1) is 18.2 Å². The van der Waals surface area contributed by atoms with E-state index in [1.165, 1.54) is 25.4 Å². The third kappa shape index (κ3) is 2.40. The average molecular weight is 260 g/mol. The summed E-state index contributed by atoms with van der Waals surface area (Å²) in [7, 11) is 1.44. The fraction of sp³-hybridized carbons (Fsp3) is 0.143. The molecule has 0 unspecified atom stereocenters. The van der Waals surface area contributed by atoms with Crippen LogP contribution < -0.4 is 10.5 Å². The molecular weight excluding hydrogens is 247 g/mol. The van der Waals surface area contributed by atoms with Gasteiger partial charge in [0, 0.05) is 17.5 Å². The Morgan fingerprint density at radius 1 is 1.42 bits per heavy atom. The van der Waals surface area contributed by atoms with Gasteiger partial charge in [-0.05, 0) is 25.1 Å². The van der Waals surface area contributed by atoms with Gasteiger partial charge in [0.25, 0.3) is 5.91 Å². The highest BCUT2D eigenvalue weighted by Gasteiger charge is 2.18. The Kier molecular flexibility index (Phi) is 3.46. The molecule has 98 valence electrons. The second kappa shape index (κ2) is 5.06. The molecule has 0 aliphatic heterocycles. The standard InChI is InChI=1S/C14H13FN2O2/c1-8-6-9(10(7-17-8)14(16)18)13-11(15)4-3-5-12(13)19-2/h3-7H,1-2H3,(H2,16,18). The van der Waals surface area contributed by atoms with Gasteiger partial charge in [-0.15, -0.1) is 0 Å². The van der Waals surface area contributed by atoms with E-state index in [2.05, 4.69) is 4.98 Å². The number of primary amides is 1. The Labute approximate surface area is 110 Å². The SMILES string of the molecule is COc1cccc(F)c1-c1cc(C)ncc1C(N)=O. The number of carbonyl (C=O) groups excluding carboxylic acids is 1. The van der Waals surface area contributed by atoms with Crippen LogP contribution in [0.1, 0.15) is 16.1 Å². The molecule has 0 saturated heterocycles. The van der Waals surface area contributed by atoms with Crippen LogP contribution in [0, 0.1) is 12.7 Å². The van der Waals surface area contributed by atoms with E-state index >= 15 is 0 Å². The number of methoxy groups -OCH3 is 1. The number of benzene rings is 1. The number of amides is 1. The van der Waals surface area contributed by atoms with E-state index in [1.54, 1.807) is 19.1 Å². The predicted molar refractivity (Wildman–Crippen MR) is 69.4 cm³/mol. The van der Waals surface area contributed by atoms with E-state index < -0.39 is 11.7 Å². The molecule has 0 spiro atoms. The first kappa shape index (κ1) is 13.0. The van der Waals surface area contributed by atoms with Gasteiger partial charge in [-0.1, -0.05) is 6.07 Å². The van der Waals surface area contributed by atoms with Gasteiger partial charge in [-0.2, -0.15) is 0 Å². The molecule has 0 aliphatic carbocycles. The summed E-state index contributed by atoms with van der Waals surface area (Å²) in [5.74, 6) is -0.798. The summed E-state index contributed by atoms with van der Waals surface area (Å²) in [6.45, 7) is 1.75. The first-order valence-corrected chi connectivity index (χ1v) is 5.64. The van der Waals surface area contributed by atoms with Crippen molar-refractivity contribution < 1.29 is 13.9 Å². The quantitative estimate of drug-likeness (QED) is 0.920. The Morgan fingerprint density at radius 3 is 2.79 bits per heavy atom. The van der Waals surface area contributed by atoms with Crippen LogP contribution in [0.5, 0.6) is 5.75 Å². The van der Waals surface area contributed by atoms with E-state index in [9.17, 15) is 9.18 Å². The minimum absolute atomic E-state index is 0.161. The number of hydrogen-bond donors (Lipinski definition) is 1. The lowest BCUT2D eigenvalue weighted by molar-refractivity contribution is 0.100. The van der Waals surface area contributed by atoms with E-state index in [4.69, 9.17) is 10.5 Å². The van der Waals surface area contributed by atoms with Gasteiger partial charge in [-0.3, -0.25) is 9.78 Å². The zero-order chi connectivity index (χ0) is 14.0. The number of aryl methyl sites for hydroxylation is 1. The molecule has 1 aromatic heterocycles. The molecule has 0 bridgehead atoms. The summed E-state index contributed by atoms with van der Waals surface area (Å²) < 4.78 is 19.2. The average Bonchev–Trinajstić information content (AvgIpc) is 2.37. The van der Waals surface area contributed by atoms with Gasteiger partial charge < -0.3 is 10.5 Å². The van der Waals surface area contributed by atoms with Crippen LogP contribution in [-0.2, 0) is 0 Å². The Hall–Kier alpha value is -2.43. The van der Waals surface area contributed by atoms with Crippen molar-refractivity contribution in [3.8, 4) is 16.9 Å². The minimum Gasteiger partial charge on any atom is -0.496 e. The lowest BCUT2D eigenvalue weighted by atomic mass is 9.99. The molecule has 0 saturated carbocycles. The van der Waals surface area contributed by atoms with Crippen molar-refractivity contribution in [2.24, 2.45) is 5.73 Å². The van der Waals surface area contributed by atoms with Crippen molar-refractivity contribution in [1.82, 2.24) is 4.98 Å². The molecule has 2 aromatic rings. The zero-order valence-electron chi connectivity index (χ0n) is 10.6. The van der Waals surface area contributed by atoms with Crippen LogP contribution in [0.2, 0.25) is 0 Å². The van der Waals surface area contributed by atoms with Crippen LogP contribution in [0.25, 0.3) is 11.1 Å². The van der Waals surface area contributed by atoms with E-state index in [1.807, 2.05) is 0 Å². The smallest absolute Gasteiger partial charge is 0.250 e. The molecule has 0 radical (unpaired) electrons. The molecular formula is C14H13FN2O2. The highest BCUT2D eigenvalue weighted by atomic mass is 19.1. The normalized spacial score (nSPS) is 10.3. The molecule has 0 fully saturated rings. The van der Waals surface area contributed by atoms with E-state index in [-0.39, 0.29) is 11.1 Å². The molecule has 19 heavy (non-hydrogen) atoms.